The Balaban J connectivity index is 1.41. The number of nitrogens with one attached hydrogen (secondary N) is 1. The highest BCUT2D eigenvalue weighted by molar-refractivity contribution is 6.00. The molecule has 5 rings (SSSR count). The Morgan fingerprint density at radius 3 is 2.20 bits per heavy atom. The summed E-state index contributed by atoms with van der Waals surface area (Å²) in [5, 5.41) is 4.33. The van der Waals surface area contributed by atoms with Crippen LogP contribution in [0.25, 0.3) is 0 Å². The predicted molar refractivity (Wildman–Crippen MR) is 96.6 cm³/mol. The van der Waals surface area contributed by atoms with Gasteiger partial charge in [0.1, 0.15) is 5.82 Å². The second-order valence-electron chi connectivity index (χ2n) is 8.55. The molecule has 3 nitrogen and oxygen atoms in total. The zero-order valence-corrected chi connectivity index (χ0v) is 14.9. The lowest BCUT2D eigenvalue weighted by atomic mass is 9.49. The second kappa shape index (κ2) is 6.54. The van der Waals surface area contributed by atoms with Gasteiger partial charge in [0.05, 0.1) is 5.71 Å². The fourth-order valence-electron chi connectivity index (χ4n) is 6.01. The molecule has 1 amide bonds. The number of rotatable bonds is 5. The minimum atomic E-state index is -0.259. The Morgan fingerprint density at radius 2 is 1.68 bits per heavy atom. The first-order chi connectivity index (χ1) is 12.0. The molecule has 0 radical (unpaired) electrons. The summed E-state index contributed by atoms with van der Waals surface area (Å²) >= 11 is 0. The summed E-state index contributed by atoms with van der Waals surface area (Å²) < 4.78 is 13.1. The molecule has 1 aromatic rings. The molecular formula is C21H27FN2O. The molecule has 4 heteroatoms. The van der Waals surface area contributed by atoms with E-state index in [4.69, 9.17) is 0 Å². The topological polar surface area (TPSA) is 41.5 Å². The quantitative estimate of drug-likeness (QED) is 0.613. The predicted octanol–water partition coefficient (Wildman–Crippen LogP) is 4.66. The molecule has 0 spiro atoms. The number of halogens is 1. The van der Waals surface area contributed by atoms with Crippen molar-refractivity contribution in [2.24, 2.45) is 28.3 Å². The number of carbonyl (C=O) groups excluding carboxylic acids is 1. The van der Waals surface area contributed by atoms with Crippen LogP contribution in [0.5, 0.6) is 0 Å². The Morgan fingerprint density at radius 1 is 1.12 bits per heavy atom. The SMILES string of the molecule is CC/C(=N/NC(=O)CC12CC3CC(CC(C3)C1)C2)c1ccc(F)cc1. The number of hydrogen-bond acceptors (Lipinski definition) is 2. The first-order valence-corrected chi connectivity index (χ1v) is 9.66. The molecule has 1 N–H and O–H groups in total. The highest BCUT2D eigenvalue weighted by atomic mass is 19.1. The smallest absolute Gasteiger partial charge is 0.240 e. The van der Waals surface area contributed by atoms with E-state index >= 15 is 0 Å². The molecule has 25 heavy (non-hydrogen) atoms. The average molecular weight is 342 g/mol. The molecule has 0 heterocycles. The summed E-state index contributed by atoms with van der Waals surface area (Å²) in [4.78, 5) is 12.6. The molecule has 4 bridgehead atoms. The van der Waals surface area contributed by atoms with E-state index in [0.29, 0.717) is 12.8 Å². The van der Waals surface area contributed by atoms with Crippen molar-refractivity contribution in [3.63, 3.8) is 0 Å². The monoisotopic (exact) mass is 342 g/mol. The van der Waals surface area contributed by atoms with Gasteiger partial charge in [-0.1, -0.05) is 19.1 Å². The van der Waals surface area contributed by atoms with E-state index in [1.165, 1.54) is 50.7 Å². The summed E-state index contributed by atoms with van der Waals surface area (Å²) in [5.74, 6) is 2.34. The molecule has 4 saturated carbocycles. The molecule has 134 valence electrons. The van der Waals surface area contributed by atoms with Gasteiger partial charge in [0.2, 0.25) is 5.91 Å². The normalized spacial score (nSPS) is 33.5. The first kappa shape index (κ1) is 16.7. The summed E-state index contributed by atoms with van der Waals surface area (Å²) in [5.41, 5.74) is 4.66. The van der Waals surface area contributed by atoms with Crippen LogP contribution in [-0.2, 0) is 4.79 Å². The molecular weight excluding hydrogens is 315 g/mol. The van der Waals surface area contributed by atoms with Gasteiger partial charge >= 0.3 is 0 Å². The Labute approximate surface area is 149 Å². The van der Waals surface area contributed by atoms with Crippen molar-refractivity contribution in [1.29, 1.82) is 0 Å². The molecule has 4 fully saturated rings. The third-order valence-corrected chi connectivity index (χ3v) is 6.53. The van der Waals surface area contributed by atoms with E-state index in [1.54, 1.807) is 12.1 Å². The van der Waals surface area contributed by atoms with Crippen molar-refractivity contribution in [3.05, 3.63) is 35.6 Å². The van der Waals surface area contributed by atoms with Gasteiger partial charge in [0.15, 0.2) is 0 Å². The molecule has 0 atom stereocenters. The van der Waals surface area contributed by atoms with Crippen LogP contribution >= 0.6 is 0 Å². The van der Waals surface area contributed by atoms with Crippen LogP contribution in [-0.4, -0.2) is 11.6 Å². The molecule has 4 aliphatic carbocycles. The summed E-state index contributed by atoms with van der Waals surface area (Å²) in [6, 6.07) is 6.28. The van der Waals surface area contributed by atoms with E-state index in [9.17, 15) is 9.18 Å². The van der Waals surface area contributed by atoms with Crippen LogP contribution in [0, 0.1) is 29.0 Å². The maximum Gasteiger partial charge on any atom is 0.240 e. The fourth-order valence-corrected chi connectivity index (χ4v) is 6.01. The van der Waals surface area contributed by atoms with Gasteiger partial charge in [-0.2, -0.15) is 5.10 Å². The zero-order valence-electron chi connectivity index (χ0n) is 14.9. The van der Waals surface area contributed by atoms with Gasteiger partial charge in [-0.25, -0.2) is 9.82 Å². The van der Waals surface area contributed by atoms with Crippen molar-refractivity contribution in [1.82, 2.24) is 5.43 Å². The lowest BCUT2D eigenvalue weighted by Gasteiger charge is -2.56. The van der Waals surface area contributed by atoms with Crippen LogP contribution in [0.2, 0.25) is 0 Å². The van der Waals surface area contributed by atoms with E-state index in [-0.39, 0.29) is 17.1 Å². The maximum atomic E-state index is 13.1. The zero-order chi connectivity index (χ0) is 17.4. The maximum absolute atomic E-state index is 13.1. The van der Waals surface area contributed by atoms with Crippen molar-refractivity contribution in [3.8, 4) is 0 Å². The highest BCUT2D eigenvalue weighted by Gasteiger charge is 2.51. The van der Waals surface area contributed by atoms with E-state index in [0.717, 1.165) is 29.0 Å². The fraction of sp³-hybridized carbons (Fsp3) is 0.619. The molecule has 0 saturated heterocycles. The van der Waals surface area contributed by atoms with Crippen LogP contribution in [0.1, 0.15) is 63.9 Å². The average Bonchev–Trinajstić information content (AvgIpc) is 2.55. The lowest BCUT2D eigenvalue weighted by Crippen LogP contribution is -2.47. The summed E-state index contributed by atoms with van der Waals surface area (Å²) in [7, 11) is 0. The van der Waals surface area contributed by atoms with E-state index in [1.807, 2.05) is 6.92 Å². The Bertz CT molecular complexity index is 644. The number of nitrogens with zero attached hydrogens (tertiary/aromatic N) is 1. The van der Waals surface area contributed by atoms with Gasteiger partial charge in [-0.05, 0) is 85.8 Å². The molecule has 1 aromatic carbocycles. The van der Waals surface area contributed by atoms with Crippen LogP contribution in [0.4, 0.5) is 4.39 Å². The largest absolute Gasteiger partial charge is 0.273 e. The van der Waals surface area contributed by atoms with Crippen LogP contribution in [0.3, 0.4) is 0 Å². The standard InChI is InChI=1S/C21H27FN2O/c1-2-19(17-3-5-18(22)6-4-17)23-24-20(25)13-21-10-14-7-15(11-21)9-16(8-14)12-21/h3-6,14-16H,2,7-13H2,1H3,(H,24,25)/b23-19-. The van der Waals surface area contributed by atoms with Crippen molar-refractivity contribution >= 4 is 11.6 Å². The number of carbonyl (C=O) groups is 1. The van der Waals surface area contributed by atoms with Gasteiger partial charge in [-0.3, -0.25) is 4.79 Å². The van der Waals surface area contributed by atoms with Gasteiger partial charge in [0, 0.05) is 6.42 Å². The van der Waals surface area contributed by atoms with Gasteiger partial charge in [0.25, 0.3) is 0 Å². The van der Waals surface area contributed by atoms with E-state index < -0.39 is 0 Å². The number of amides is 1. The number of hydrogen-bond donors (Lipinski definition) is 1. The summed E-state index contributed by atoms with van der Waals surface area (Å²) in [6.45, 7) is 1.99. The summed E-state index contributed by atoms with van der Waals surface area (Å²) in [6.07, 6.45) is 9.18. The van der Waals surface area contributed by atoms with Gasteiger partial charge < -0.3 is 0 Å². The number of benzene rings is 1. The Hall–Kier alpha value is -1.71. The molecule has 0 unspecified atom stereocenters. The highest BCUT2D eigenvalue weighted by Crippen LogP contribution is 2.61. The van der Waals surface area contributed by atoms with Gasteiger partial charge in [-0.15, -0.1) is 0 Å². The lowest BCUT2D eigenvalue weighted by molar-refractivity contribution is -0.129. The van der Waals surface area contributed by atoms with Crippen molar-refractivity contribution < 1.29 is 9.18 Å². The van der Waals surface area contributed by atoms with Crippen molar-refractivity contribution in [2.75, 3.05) is 0 Å². The van der Waals surface area contributed by atoms with E-state index in [2.05, 4.69) is 10.5 Å². The van der Waals surface area contributed by atoms with Crippen molar-refractivity contribution in [2.45, 2.75) is 58.3 Å². The third kappa shape index (κ3) is 3.49. The molecule has 0 aliphatic heterocycles. The van der Waals surface area contributed by atoms with Crippen LogP contribution in [0.15, 0.2) is 29.4 Å². The minimum Gasteiger partial charge on any atom is -0.273 e. The molecule has 0 aromatic heterocycles. The minimum absolute atomic E-state index is 0.0370. The third-order valence-electron chi connectivity index (χ3n) is 6.53. The second-order valence-corrected chi connectivity index (χ2v) is 8.55. The molecule has 4 aliphatic rings. The Kier molecular flexibility index (Phi) is 4.38. The van der Waals surface area contributed by atoms with Crippen LogP contribution < -0.4 is 5.43 Å². The first-order valence-electron chi connectivity index (χ1n) is 9.66. The number of hydrazone groups is 1.